The van der Waals surface area contributed by atoms with Crippen molar-refractivity contribution in [2.75, 3.05) is 13.7 Å². The number of hydrogen-bond donors (Lipinski definition) is 1. The third-order valence-corrected chi connectivity index (χ3v) is 2.47. The van der Waals surface area contributed by atoms with Gasteiger partial charge in [-0.1, -0.05) is 0 Å². The number of amides is 1. The van der Waals surface area contributed by atoms with Crippen LogP contribution in [0.25, 0.3) is 0 Å². The van der Waals surface area contributed by atoms with Crippen LogP contribution < -0.4 is 5.32 Å². The van der Waals surface area contributed by atoms with Gasteiger partial charge < -0.3 is 14.5 Å². The van der Waals surface area contributed by atoms with Crippen molar-refractivity contribution >= 4 is 17.5 Å². The summed E-state index contributed by atoms with van der Waals surface area (Å²) in [6, 6.07) is 1.61. The molecule has 1 heterocycles. The van der Waals surface area contributed by atoms with Crippen molar-refractivity contribution in [2.24, 2.45) is 0 Å². The molecule has 0 saturated heterocycles. The summed E-state index contributed by atoms with van der Waals surface area (Å²) in [6.45, 7) is 4.11. The van der Waals surface area contributed by atoms with E-state index in [-0.39, 0.29) is 17.7 Å². The summed E-state index contributed by atoms with van der Waals surface area (Å²) in [5, 5.41) is 2.76. The standard InChI is InChI=1S/C11H16ClNO3/c1-7(6-15-3)13-11(14)10-4-9(5-12)8(2)16-10/h4,7H,5-6H2,1-3H3,(H,13,14). The molecule has 0 aliphatic heterocycles. The van der Waals surface area contributed by atoms with Crippen molar-refractivity contribution in [1.29, 1.82) is 0 Å². The monoisotopic (exact) mass is 245 g/mol. The average Bonchev–Trinajstić information content (AvgIpc) is 2.60. The number of hydrogen-bond acceptors (Lipinski definition) is 3. The zero-order valence-electron chi connectivity index (χ0n) is 9.67. The van der Waals surface area contributed by atoms with E-state index in [4.69, 9.17) is 20.8 Å². The normalized spacial score (nSPS) is 12.5. The summed E-state index contributed by atoms with van der Waals surface area (Å²) in [7, 11) is 1.59. The molecule has 0 aliphatic rings. The second kappa shape index (κ2) is 5.92. The Morgan fingerprint density at radius 1 is 1.69 bits per heavy atom. The summed E-state index contributed by atoms with van der Waals surface area (Å²) in [5.74, 6) is 1.07. The molecule has 5 heteroatoms. The molecule has 1 amide bonds. The van der Waals surface area contributed by atoms with Gasteiger partial charge in [-0.2, -0.15) is 0 Å². The summed E-state index contributed by atoms with van der Waals surface area (Å²) >= 11 is 5.69. The van der Waals surface area contributed by atoms with Crippen molar-refractivity contribution in [3.63, 3.8) is 0 Å². The van der Waals surface area contributed by atoms with Crippen LogP contribution in [0.4, 0.5) is 0 Å². The minimum Gasteiger partial charge on any atom is -0.456 e. The molecule has 0 radical (unpaired) electrons. The van der Waals surface area contributed by atoms with Gasteiger partial charge in [-0.15, -0.1) is 11.6 Å². The van der Waals surface area contributed by atoms with Gasteiger partial charge in [-0.3, -0.25) is 4.79 Å². The van der Waals surface area contributed by atoms with Gasteiger partial charge in [0.1, 0.15) is 5.76 Å². The molecule has 0 aromatic carbocycles. The third kappa shape index (κ3) is 3.25. The Kier molecular flexibility index (Phi) is 4.83. The number of aryl methyl sites for hydroxylation is 1. The number of methoxy groups -OCH3 is 1. The third-order valence-electron chi connectivity index (χ3n) is 2.18. The predicted molar refractivity (Wildman–Crippen MR) is 61.8 cm³/mol. The molecule has 1 atom stereocenters. The Morgan fingerprint density at radius 3 is 2.88 bits per heavy atom. The molecule has 1 rings (SSSR count). The molecule has 90 valence electrons. The predicted octanol–water partition coefficient (Wildman–Crippen LogP) is 2.09. The highest BCUT2D eigenvalue weighted by molar-refractivity contribution is 6.17. The Balaban J connectivity index is 2.65. The maximum absolute atomic E-state index is 11.7. The SMILES string of the molecule is COCC(C)NC(=O)c1cc(CCl)c(C)o1. The van der Waals surface area contributed by atoms with Gasteiger partial charge in [-0.05, 0) is 19.9 Å². The number of halogens is 1. The van der Waals surface area contributed by atoms with Crippen molar-refractivity contribution in [2.45, 2.75) is 25.8 Å². The number of carbonyl (C=O) groups is 1. The molecule has 16 heavy (non-hydrogen) atoms. The Hall–Kier alpha value is -1.00. The summed E-state index contributed by atoms with van der Waals surface area (Å²) < 4.78 is 10.2. The molecule has 4 nitrogen and oxygen atoms in total. The van der Waals surface area contributed by atoms with Gasteiger partial charge in [0.25, 0.3) is 5.91 Å². The summed E-state index contributed by atoms with van der Waals surface area (Å²) in [6.07, 6.45) is 0. The van der Waals surface area contributed by atoms with E-state index in [0.717, 1.165) is 5.56 Å². The van der Waals surface area contributed by atoms with Crippen molar-refractivity contribution in [1.82, 2.24) is 5.32 Å². The highest BCUT2D eigenvalue weighted by Gasteiger charge is 2.15. The van der Waals surface area contributed by atoms with E-state index < -0.39 is 0 Å². The molecule has 1 N–H and O–H groups in total. The van der Waals surface area contributed by atoms with E-state index in [0.29, 0.717) is 18.2 Å². The van der Waals surface area contributed by atoms with Crippen LogP contribution in [0.3, 0.4) is 0 Å². The maximum atomic E-state index is 11.7. The molecule has 1 aromatic rings. The number of rotatable bonds is 5. The van der Waals surface area contributed by atoms with Gasteiger partial charge in [-0.25, -0.2) is 0 Å². The lowest BCUT2D eigenvalue weighted by Gasteiger charge is -2.10. The number of ether oxygens (including phenoxy) is 1. The molecular weight excluding hydrogens is 230 g/mol. The lowest BCUT2D eigenvalue weighted by Crippen LogP contribution is -2.35. The minimum atomic E-state index is -0.246. The minimum absolute atomic E-state index is 0.0534. The van der Waals surface area contributed by atoms with Crippen LogP contribution in [0, 0.1) is 6.92 Å². The van der Waals surface area contributed by atoms with E-state index in [1.165, 1.54) is 0 Å². The van der Waals surface area contributed by atoms with Crippen molar-refractivity contribution in [3.8, 4) is 0 Å². The largest absolute Gasteiger partial charge is 0.456 e. The Morgan fingerprint density at radius 2 is 2.38 bits per heavy atom. The van der Waals surface area contributed by atoms with Gasteiger partial charge >= 0.3 is 0 Å². The molecule has 0 bridgehead atoms. The average molecular weight is 246 g/mol. The molecule has 0 aliphatic carbocycles. The highest BCUT2D eigenvalue weighted by Crippen LogP contribution is 2.16. The molecule has 1 aromatic heterocycles. The quantitative estimate of drug-likeness (QED) is 0.809. The zero-order chi connectivity index (χ0) is 12.1. The zero-order valence-corrected chi connectivity index (χ0v) is 10.4. The first-order chi connectivity index (χ1) is 7.58. The summed E-state index contributed by atoms with van der Waals surface area (Å²) in [5.41, 5.74) is 0.839. The fourth-order valence-electron chi connectivity index (χ4n) is 1.35. The van der Waals surface area contributed by atoms with Crippen LogP contribution in [-0.2, 0) is 10.6 Å². The fraction of sp³-hybridized carbons (Fsp3) is 0.545. The van der Waals surface area contributed by atoms with E-state index in [9.17, 15) is 4.79 Å². The molecule has 0 saturated carbocycles. The van der Waals surface area contributed by atoms with Gasteiger partial charge in [0, 0.05) is 18.7 Å². The highest BCUT2D eigenvalue weighted by atomic mass is 35.5. The first-order valence-electron chi connectivity index (χ1n) is 5.03. The van der Waals surface area contributed by atoms with Crippen molar-refractivity contribution < 1.29 is 13.9 Å². The van der Waals surface area contributed by atoms with Crippen LogP contribution >= 0.6 is 11.6 Å². The Bertz CT molecular complexity index is 362. The fourth-order valence-corrected chi connectivity index (χ4v) is 1.62. The summed E-state index contributed by atoms with van der Waals surface area (Å²) in [4.78, 5) is 11.7. The van der Waals surface area contributed by atoms with Crippen LogP contribution in [0.5, 0.6) is 0 Å². The lowest BCUT2D eigenvalue weighted by molar-refractivity contribution is 0.0877. The molecule has 1 unspecified atom stereocenters. The van der Waals surface area contributed by atoms with Crippen LogP contribution in [0.2, 0.25) is 0 Å². The van der Waals surface area contributed by atoms with Crippen LogP contribution in [0.15, 0.2) is 10.5 Å². The van der Waals surface area contributed by atoms with E-state index in [2.05, 4.69) is 5.32 Å². The molecule has 0 fully saturated rings. The maximum Gasteiger partial charge on any atom is 0.287 e. The van der Waals surface area contributed by atoms with Crippen LogP contribution in [0.1, 0.15) is 28.8 Å². The van der Waals surface area contributed by atoms with E-state index >= 15 is 0 Å². The lowest BCUT2D eigenvalue weighted by atomic mass is 10.2. The second-order valence-electron chi connectivity index (χ2n) is 3.66. The van der Waals surface area contributed by atoms with Gasteiger partial charge in [0.05, 0.1) is 12.5 Å². The van der Waals surface area contributed by atoms with E-state index in [1.54, 1.807) is 20.1 Å². The number of carbonyl (C=O) groups excluding carboxylic acids is 1. The van der Waals surface area contributed by atoms with Gasteiger partial charge in [0.15, 0.2) is 5.76 Å². The first-order valence-corrected chi connectivity index (χ1v) is 5.57. The molecular formula is C11H16ClNO3. The van der Waals surface area contributed by atoms with Crippen LogP contribution in [-0.4, -0.2) is 25.7 Å². The number of alkyl halides is 1. The topological polar surface area (TPSA) is 51.5 Å². The van der Waals surface area contributed by atoms with Crippen molar-refractivity contribution in [3.05, 3.63) is 23.2 Å². The first kappa shape index (κ1) is 13.1. The second-order valence-corrected chi connectivity index (χ2v) is 3.92. The number of nitrogens with one attached hydrogen (secondary N) is 1. The van der Waals surface area contributed by atoms with E-state index in [1.807, 2.05) is 6.92 Å². The number of furan rings is 1. The molecule has 0 spiro atoms. The Labute approximate surface area is 99.9 Å². The smallest absolute Gasteiger partial charge is 0.287 e. The van der Waals surface area contributed by atoms with Gasteiger partial charge in [0.2, 0.25) is 0 Å².